The Balaban J connectivity index is 1.72. The van der Waals surface area contributed by atoms with Crippen molar-refractivity contribution >= 4 is 19.9 Å². The second kappa shape index (κ2) is 21.9. The quantitative estimate of drug-likeness (QED) is 0.132. The molecule has 0 spiro atoms. The summed E-state index contributed by atoms with van der Waals surface area (Å²) in [5.41, 5.74) is 6.25. The molecule has 0 radical (unpaired) electrons. The molecule has 0 aliphatic rings. The zero-order valence-electron chi connectivity index (χ0n) is 23.5. The lowest BCUT2D eigenvalue weighted by Crippen LogP contribution is -2.30. The van der Waals surface area contributed by atoms with Crippen LogP contribution in [0.4, 0.5) is 10.5 Å². The summed E-state index contributed by atoms with van der Waals surface area (Å²) in [6.45, 7) is 14.0. The number of nitrogens with one attached hydrogen (secondary N) is 1. The fourth-order valence-electron chi connectivity index (χ4n) is 2.78. The van der Waals surface area contributed by atoms with Gasteiger partial charge in [-0.1, -0.05) is 19.6 Å². The molecule has 0 fully saturated rings. The van der Waals surface area contributed by atoms with Gasteiger partial charge >= 0.3 is 6.09 Å². The maximum absolute atomic E-state index is 11.5. The van der Waals surface area contributed by atoms with Gasteiger partial charge in [0.05, 0.1) is 106 Å². The molecule has 0 unspecified atom stereocenters. The molecule has 13 nitrogen and oxygen atoms in total. The van der Waals surface area contributed by atoms with Gasteiger partial charge in [0.25, 0.3) is 5.88 Å². The number of nitrogens with zero attached hydrogens (tertiary/aromatic N) is 2. The third-order valence-electron chi connectivity index (χ3n) is 4.87. The number of carbonyl (C=O) groups is 1. The Morgan fingerprint density at radius 3 is 1.74 bits per heavy atom. The van der Waals surface area contributed by atoms with Crippen LogP contribution in [0.3, 0.4) is 0 Å². The Hall–Kier alpha value is -1.94. The lowest BCUT2D eigenvalue weighted by atomic mass is 10.6. The lowest BCUT2D eigenvalue weighted by Gasteiger charge is -2.15. The van der Waals surface area contributed by atoms with E-state index < -0.39 is 14.2 Å². The first-order valence-corrected chi connectivity index (χ1v) is 16.8. The van der Waals surface area contributed by atoms with Crippen molar-refractivity contribution in [3.05, 3.63) is 6.20 Å². The van der Waals surface area contributed by atoms with E-state index in [9.17, 15) is 4.79 Å². The smallest absolute Gasteiger partial charge is 0.407 e. The molecule has 0 aliphatic heterocycles. The zero-order valence-corrected chi connectivity index (χ0v) is 24.5. The van der Waals surface area contributed by atoms with E-state index in [4.69, 9.17) is 43.6 Å². The molecule has 0 aliphatic carbocycles. The summed E-state index contributed by atoms with van der Waals surface area (Å²) >= 11 is 0. The van der Waals surface area contributed by atoms with E-state index in [2.05, 4.69) is 30.1 Å². The highest BCUT2D eigenvalue weighted by molar-refractivity contribution is 6.76. The second-order valence-corrected chi connectivity index (χ2v) is 15.0. The summed E-state index contributed by atoms with van der Waals surface area (Å²) in [4.78, 5) is 11.5. The van der Waals surface area contributed by atoms with Crippen molar-refractivity contribution in [2.75, 3.05) is 105 Å². The van der Waals surface area contributed by atoms with Crippen LogP contribution in [0.15, 0.2) is 6.20 Å². The number of nitrogens with two attached hydrogens (primary N) is 1. The average Bonchev–Trinajstić information content (AvgIpc) is 3.23. The van der Waals surface area contributed by atoms with Crippen LogP contribution in [0.25, 0.3) is 0 Å². The Bertz CT molecular complexity index is 720. The average molecular weight is 565 g/mol. The van der Waals surface area contributed by atoms with Gasteiger partial charge in [-0.3, -0.25) is 4.68 Å². The molecule has 1 rings (SSSR count). The predicted molar refractivity (Wildman–Crippen MR) is 146 cm³/mol. The Morgan fingerprint density at radius 1 is 0.816 bits per heavy atom. The molecule has 38 heavy (non-hydrogen) atoms. The fraction of sp³-hybridized carbons (Fsp3) is 0.833. The standard InChI is InChI=1S/C24H48N4O9Si/c1-30-23-22(25)21-28(27-23)6-8-32-10-12-34-14-16-36-18-17-35-15-13-33-11-9-31-7-5-26-24(29)37-19-20-38(2,3)4/h21H,5-20,25H2,1-4H3,(H,26,29). The molecule has 222 valence electrons. The molecule has 1 aromatic heterocycles. The van der Waals surface area contributed by atoms with Gasteiger partial charge in [0.2, 0.25) is 0 Å². The minimum Gasteiger partial charge on any atom is -0.478 e. The minimum atomic E-state index is -1.19. The van der Waals surface area contributed by atoms with Crippen LogP contribution >= 0.6 is 0 Å². The van der Waals surface area contributed by atoms with Crippen molar-refractivity contribution in [1.82, 2.24) is 15.1 Å². The van der Waals surface area contributed by atoms with Crippen molar-refractivity contribution in [3.8, 4) is 5.88 Å². The van der Waals surface area contributed by atoms with Crippen molar-refractivity contribution in [2.45, 2.75) is 32.2 Å². The Labute approximate surface area is 227 Å². The lowest BCUT2D eigenvalue weighted by molar-refractivity contribution is -0.0169. The van der Waals surface area contributed by atoms with Crippen LogP contribution in [0.5, 0.6) is 5.88 Å². The van der Waals surface area contributed by atoms with Crippen LogP contribution in [0.2, 0.25) is 25.7 Å². The highest BCUT2D eigenvalue weighted by Gasteiger charge is 2.13. The second-order valence-electron chi connectivity index (χ2n) is 9.40. The maximum atomic E-state index is 11.5. The van der Waals surface area contributed by atoms with Gasteiger partial charge in [0.1, 0.15) is 5.69 Å². The number of rotatable bonds is 25. The molecular formula is C24H48N4O9Si. The van der Waals surface area contributed by atoms with Crippen molar-refractivity contribution in [1.29, 1.82) is 0 Å². The summed E-state index contributed by atoms with van der Waals surface area (Å²) < 4.78 is 44.6. The summed E-state index contributed by atoms with van der Waals surface area (Å²) in [5.74, 6) is 0.420. The maximum Gasteiger partial charge on any atom is 0.407 e. The SMILES string of the molecule is COc1nn(CCOCCOCCOCCOCCOCCOCCNC(=O)OCC[Si](C)(C)C)cc1N. The molecule has 14 heteroatoms. The summed E-state index contributed by atoms with van der Waals surface area (Å²) in [6.07, 6.45) is 1.32. The zero-order chi connectivity index (χ0) is 27.9. The molecule has 0 aromatic carbocycles. The molecule has 1 amide bonds. The summed E-state index contributed by atoms with van der Waals surface area (Å²) in [5, 5.41) is 6.84. The van der Waals surface area contributed by atoms with Gasteiger partial charge in [-0.25, -0.2) is 4.79 Å². The number of hydrogen-bond donors (Lipinski definition) is 2. The van der Waals surface area contributed by atoms with Gasteiger partial charge in [-0.2, -0.15) is 0 Å². The first-order chi connectivity index (χ1) is 18.3. The number of methoxy groups -OCH3 is 1. The van der Waals surface area contributed by atoms with E-state index in [-0.39, 0.29) is 0 Å². The molecule has 0 saturated carbocycles. The number of hydrogen-bond acceptors (Lipinski definition) is 11. The monoisotopic (exact) mass is 564 g/mol. The van der Waals surface area contributed by atoms with Crippen LogP contribution in [-0.2, 0) is 39.7 Å². The first kappa shape index (κ1) is 34.1. The van der Waals surface area contributed by atoms with E-state index in [0.29, 0.717) is 111 Å². The van der Waals surface area contributed by atoms with E-state index >= 15 is 0 Å². The van der Waals surface area contributed by atoms with Crippen LogP contribution < -0.4 is 15.8 Å². The normalized spacial score (nSPS) is 11.6. The van der Waals surface area contributed by atoms with Crippen LogP contribution in [0, 0.1) is 0 Å². The molecule has 1 heterocycles. The van der Waals surface area contributed by atoms with Gasteiger partial charge in [-0.05, 0) is 6.04 Å². The molecule has 1 aromatic rings. The number of anilines is 1. The van der Waals surface area contributed by atoms with E-state index in [1.54, 1.807) is 10.9 Å². The molecule has 0 saturated heterocycles. The van der Waals surface area contributed by atoms with Gasteiger partial charge < -0.3 is 48.9 Å². The molecule has 0 bridgehead atoms. The topological polar surface area (TPSA) is 147 Å². The van der Waals surface area contributed by atoms with Gasteiger partial charge in [0.15, 0.2) is 0 Å². The number of amides is 1. The van der Waals surface area contributed by atoms with E-state index in [0.717, 1.165) is 6.04 Å². The largest absolute Gasteiger partial charge is 0.478 e. The molecular weight excluding hydrogens is 516 g/mol. The molecule has 3 N–H and O–H groups in total. The number of nitrogen functional groups attached to an aromatic ring is 1. The Kier molecular flexibility index (Phi) is 19.7. The third-order valence-corrected chi connectivity index (χ3v) is 6.58. The minimum absolute atomic E-state index is 0.395. The fourth-order valence-corrected chi connectivity index (χ4v) is 3.49. The van der Waals surface area contributed by atoms with Gasteiger partial charge in [-0.15, -0.1) is 5.10 Å². The van der Waals surface area contributed by atoms with Crippen LogP contribution in [-0.4, -0.2) is 123 Å². The number of alkyl carbamates (subject to hydrolysis) is 1. The highest BCUT2D eigenvalue weighted by atomic mass is 28.3. The Morgan fingerprint density at radius 2 is 1.29 bits per heavy atom. The van der Waals surface area contributed by atoms with Crippen LogP contribution in [0.1, 0.15) is 0 Å². The first-order valence-electron chi connectivity index (χ1n) is 13.1. The number of aromatic nitrogens is 2. The number of ether oxygens (including phenoxy) is 8. The third kappa shape index (κ3) is 20.1. The summed E-state index contributed by atoms with van der Waals surface area (Å²) in [7, 11) is 0.345. The number of carbonyl (C=O) groups excluding carboxylic acids is 1. The van der Waals surface area contributed by atoms with E-state index in [1.807, 2.05) is 0 Å². The summed E-state index contributed by atoms with van der Waals surface area (Å²) in [6, 6.07) is 0.959. The highest BCUT2D eigenvalue weighted by Crippen LogP contribution is 2.16. The van der Waals surface area contributed by atoms with Crippen molar-refractivity contribution in [3.63, 3.8) is 0 Å². The van der Waals surface area contributed by atoms with Crippen molar-refractivity contribution in [2.24, 2.45) is 0 Å². The van der Waals surface area contributed by atoms with E-state index in [1.165, 1.54) is 7.11 Å². The van der Waals surface area contributed by atoms with Crippen molar-refractivity contribution < 1.29 is 42.7 Å². The predicted octanol–water partition coefficient (Wildman–Crippen LogP) is 1.64. The van der Waals surface area contributed by atoms with Gasteiger partial charge in [0, 0.05) is 14.6 Å². The molecule has 0 atom stereocenters.